The number of nitrogens with zero attached hydrogens (tertiary/aromatic N) is 4. The van der Waals surface area contributed by atoms with E-state index in [1.165, 1.54) is 6.20 Å². The van der Waals surface area contributed by atoms with Crippen molar-refractivity contribution in [2.24, 2.45) is 0 Å². The summed E-state index contributed by atoms with van der Waals surface area (Å²) in [6, 6.07) is 5.05. The minimum absolute atomic E-state index is 0.0208. The molecule has 54 heavy (non-hydrogen) atoms. The molecule has 1 atom stereocenters. The molecule has 11 nitrogen and oxygen atoms in total. The highest BCUT2D eigenvalue weighted by atomic mass is 32.2. The van der Waals surface area contributed by atoms with E-state index in [2.05, 4.69) is 44.3 Å². The largest absolute Gasteiger partial charge is 0.496 e. The van der Waals surface area contributed by atoms with E-state index in [0.717, 1.165) is 22.5 Å². The van der Waals surface area contributed by atoms with Gasteiger partial charge in [0.1, 0.15) is 31.1 Å². The molecule has 1 aromatic carbocycles. The van der Waals surface area contributed by atoms with Gasteiger partial charge in [-0.1, -0.05) is 39.3 Å². The summed E-state index contributed by atoms with van der Waals surface area (Å²) in [5.74, 6) is -3.62. The first-order valence-electron chi connectivity index (χ1n) is 18.4. The van der Waals surface area contributed by atoms with Crippen LogP contribution >= 0.6 is 0 Å². The SMILES string of the molecule is CC1(C)OB(c2cnc3c(c2)c(C(=O)c2c(F)ccc(N(COCC[Si](C)(C)C)S(=O)(=O)N4CC[C@@H](F)C4)c2F)cn3COCC[Si](C)(C)C)OC1(C)C. The van der Waals surface area contributed by atoms with Crippen molar-refractivity contribution in [2.45, 2.75) is 110 Å². The summed E-state index contributed by atoms with van der Waals surface area (Å²) in [7, 11) is -8.39. The van der Waals surface area contributed by atoms with E-state index >= 15 is 8.78 Å². The Hall–Kier alpha value is -2.58. The average Bonchev–Trinajstić information content (AvgIpc) is 3.71. The fourth-order valence-electron chi connectivity index (χ4n) is 6.02. The van der Waals surface area contributed by atoms with E-state index in [1.807, 2.05) is 27.7 Å². The molecule has 2 saturated heterocycles. The van der Waals surface area contributed by atoms with Gasteiger partial charge in [0.05, 0.1) is 28.0 Å². The molecule has 0 amide bonds. The van der Waals surface area contributed by atoms with E-state index < -0.39 is 92.8 Å². The normalized spacial score (nSPS) is 19.3. The maximum Gasteiger partial charge on any atom is 0.496 e. The lowest BCUT2D eigenvalue weighted by atomic mass is 9.79. The predicted octanol–water partition coefficient (Wildman–Crippen LogP) is 6.56. The van der Waals surface area contributed by atoms with Gasteiger partial charge in [0.2, 0.25) is 5.78 Å². The molecule has 2 aliphatic heterocycles. The average molecular weight is 811 g/mol. The number of carbonyl (C=O) groups is 1. The number of hydrogen-bond acceptors (Lipinski definition) is 8. The molecular formula is C36H54BF3N4O7SSi2. The summed E-state index contributed by atoms with van der Waals surface area (Å²) in [6.07, 6.45) is 1.60. The number of alkyl halides is 1. The maximum absolute atomic E-state index is 16.8. The van der Waals surface area contributed by atoms with Crippen molar-refractivity contribution in [1.82, 2.24) is 13.9 Å². The number of fused-ring (bicyclic) bond motifs is 1. The molecule has 5 rings (SSSR count). The summed E-state index contributed by atoms with van der Waals surface area (Å²) >= 11 is 0. The molecule has 0 radical (unpaired) electrons. The Morgan fingerprint density at radius 3 is 2.20 bits per heavy atom. The molecule has 2 aromatic heterocycles. The summed E-state index contributed by atoms with van der Waals surface area (Å²) in [4.78, 5) is 19.1. The number of anilines is 1. The van der Waals surface area contributed by atoms with E-state index in [1.54, 1.807) is 16.8 Å². The predicted molar refractivity (Wildman–Crippen MR) is 211 cm³/mol. The van der Waals surface area contributed by atoms with Crippen LogP contribution in [-0.2, 0) is 35.7 Å². The second kappa shape index (κ2) is 15.8. The van der Waals surface area contributed by atoms with Crippen LogP contribution in [0.5, 0.6) is 0 Å². The molecule has 0 saturated carbocycles. The third kappa shape index (κ3) is 9.33. The Morgan fingerprint density at radius 2 is 1.63 bits per heavy atom. The molecule has 2 fully saturated rings. The Balaban J connectivity index is 1.57. The van der Waals surface area contributed by atoms with Crippen LogP contribution in [0.25, 0.3) is 11.0 Å². The molecule has 0 spiro atoms. The molecule has 18 heteroatoms. The Bertz CT molecular complexity index is 1960. The molecule has 0 bridgehead atoms. The van der Waals surface area contributed by atoms with Gasteiger partial charge < -0.3 is 23.3 Å². The minimum atomic E-state index is -4.55. The van der Waals surface area contributed by atoms with Crippen LogP contribution in [0.3, 0.4) is 0 Å². The highest BCUT2D eigenvalue weighted by molar-refractivity contribution is 7.90. The van der Waals surface area contributed by atoms with Crippen LogP contribution in [-0.4, -0.2) is 102 Å². The minimum Gasteiger partial charge on any atom is -0.399 e. The van der Waals surface area contributed by atoms with Gasteiger partial charge in [-0.25, -0.2) is 22.5 Å². The van der Waals surface area contributed by atoms with Crippen LogP contribution in [0.2, 0.25) is 51.4 Å². The topological polar surface area (TPSA) is 112 Å². The van der Waals surface area contributed by atoms with Crippen molar-refractivity contribution in [3.63, 3.8) is 0 Å². The monoisotopic (exact) mass is 810 g/mol. The first kappa shape index (κ1) is 42.6. The van der Waals surface area contributed by atoms with E-state index in [0.29, 0.717) is 28.1 Å². The van der Waals surface area contributed by atoms with Crippen molar-refractivity contribution in [1.29, 1.82) is 0 Å². The number of carbonyl (C=O) groups excluding carboxylic acids is 1. The van der Waals surface area contributed by atoms with Gasteiger partial charge >= 0.3 is 17.3 Å². The smallest absolute Gasteiger partial charge is 0.399 e. The number of pyridine rings is 1. The molecule has 0 aliphatic carbocycles. The van der Waals surface area contributed by atoms with Crippen LogP contribution in [0.1, 0.15) is 50.0 Å². The van der Waals surface area contributed by atoms with Crippen molar-refractivity contribution >= 4 is 61.4 Å². The number of rotatable bonds is 16. The number of ketones is 1. The summed E-state index contributed by atoms with van der Waals surface area (Å²) in [5.41, 5.74) is -2.15. The lowest BCUT2D eigenvalue weighted by Crippen LogP contribution is -2.45. The van der Waals surface area contributed by atoms with E-state index in [-0.39, 0.29) is 37.3 Å². The summed E-state index contributed by atoms with van der Waals surface area (Å²) < 4.78 is 102. The molecule has 2 aliphatic rings. The quantitative estimate of drug-likeness (QED) is 0.0693. The fraction of sp³-hybridized carbons (Fsp3) is 0.611. The Morgan fingerprint density at radius 1 is 1.02 bits per heavy atom. The first-order valence-corrected chi connectivity index (χ1v) is 27.2. The summed E-state index contributed by atoms with van der Waals surface area (Å²) in [5, 5.41) is 0.274. The molecule has 0 unspecified atom stereocenters. The second-order valence-corrected chi connectivity index (χ2v) is 30.7. The molecule has 0 N–H and O–H groups in total. The lowest BCUT2D eigenvalue weighted by Gasteiger charge is -2.32. The molecule has 3 aromatic rings. The standard InChI is InChI=1S/C36H54BF3N4O7SSi2/c1-35(2)36(3,4)51-37(50-35)25-19-27-28(22-42(34(27)41-20-25)23-48-15-17-53(5,6)7)33(45)31-29(39)11-12-30(32(31)40)44(24-49-16-18-54(8,9)10)52(46,47)43-14-13-26(38)21-43/h11-12,19-20,22,26H,13-18,21,23-24H2,1-10H3/t26-/m1/s1. The zero-order valence-electron chi connectivity index (χ0n) is 33.1. The highest BCUT2D eigenvalue weighted by Crippen LogP contribution is 2.37. The van der Waals surface area contributed by atoms with Gasteiger partial charge in [-0.3, -0.25) is 4.79 Å². The van der Waals surface area contributed by atoms with Crippen LogP contribution in [0.15, 0.2) is 30.6 Å². The highest BCUT2D eigenvalue weighted by Gasteiger charge is 2.52. The van der Waals surface area contributed by atoms with Crippen molar-refractivity contribution in [3.05, 3.63) is 53.4 Å². The Labute approximate surface area is 319 Å². The van der Waals surface area contributed by atoms with Crippen LogP contribution in [0.4, 0.5) is 18.9 Å². The van der Waals surface area contributed by atoms with Gasteiger partial charge in [-0.05, 0) is 64.4 Å². The van der Waals surface area contributed by atoms with Gasteiger partial charge in [0, 0.05) is 65.7 Å². The first-order chi connectivity index (χ1) is 24.9. The molecular weight excluding hydrogens is 756 g/mol. The Kier molecular flexibility index (Phi) is 12.4. The van der Waals surface area contributed by atoms with Gasteiger partial charge in [0.15, 0.2) is 5.82 Å². The number of benzene rings is 1. The number of ether oxygens (including phenoxy) is 2. The third-order valence-electron chi connectivity index (χ3n) is 10.2. The van der Waals surface area contributed by atoms with E-state index in [9.17, 15) is 17.6 Å². The van der Waals surface area contributed by atoms with Gasteiger partial charge in [-0.15, -0.1) is 0 Å². The van der Waals surface area contributed by atoms with Crippen LogP contribution < -0.4 is 9.77 Å². The van der Waals surface area contributed by atoms with Crippen LogP contribution in [0, 0.1) is 11.6 Å². The molecule has 298 valence electrons. The molecule has 4 heterocycles. The van der Waals surface area contributed by atoms with Gasteiger partial charge in [-0.2, -0.15) is 12.7 Å². The van der Waals surface area contributed by atoms with Crippen molar-refractivity contribution in [2.75, 3.05) is 37.3 Å². The van der Waals surface area contributed by atoms with E-state index in [4.69, 9.17) is 18.8 Å². The fourth-order valence-corrected chi connectivity index (χ4v) is 9.09. The number of hydrogen-bond donors (Lipinski definition) is 0. The lowest BCUT2D eigenvalue weighted by molar-refractivity contribution is 0.00578. The zero-order valence-corrected chi connectivity index (χ0v) is 35.9. The third-order valence-corrected chi connectivity index (χ3v) is 15.5. The maximum atomic E-state index is 16.8. The summed E-state index contributed by atoms with van der Waals surface area (Å²) in [6.45, 7) is 20.2. The zero-order chi connectivity index (χ0) is 40.0. The second-order valence-electron chi connectivity index (χ2n) is 17.6. The van der Waals surface area contributed by atoms with Crippen molar-refractivity contribution < 1.29 is 45.2 Å². The number of aromatic nitrogens is 2. The van der Waals surface area contributed by atoms with Crippen molar-refractivity contribution in [3.8, 4) is 0 Å². The van der Waals surface area contributed by atoms with Gasteiger partial charge in [0.25, 0.3) is 0 Å². The number of halogens is 3.